The molecular formula is C42H83NO7. The highest BCUT2D eigenvalue weighted by Gasteiger charge is 2.18. The van der Waals surface area contributed by atoms with Crippen LogP contribution < -0.4 is 0 Å². The Bertz CT molecular complexity index is 752. The van der Waals surface area contributed by atoms with E-state index in [1.165, 1.54) is 64.2 Å². The average Bonchev–Trinajstić information content (AvgIpc) is 3.11. The molecule has 0 rings (SSSR count). The molecule has 0 heterocycles. The molecule has 3 N–H and O–H groups in total. The van der Waals surface area contributed by atoms with Crippen molar-refractivity contribution >= 4 is 11.9 Å². The molecule has 0 saturated carbocycles. The van der Waals surface area contributed by atoms with Gasteiger partial charge >= 0.3 is 11.9 Å². The van der Waals surface area contributed by atoms with Gasteiger partial charge in [-0.15, -0.1) is 0 Å². The van der Waals surface area contributed by atoms with Crippen LogP contribution in [0.2, 0.25) is 0 Å². The second-order valence-electron chi connectivity index (χ2n) is 14.9. The van der Waals surface area contributed by atoms with Crippen molar-refractivity contribution in [1.29, 1.82) is 0 Å². The van der Waals surface area contributed by atoms with Gasteiger partial charge in [-0.25, -0.2) is 0 Å². The second kappa shape index (κ2) is 36.2. The van der Waals surface area contributed by atoms with Crippen molar-refractivity contribution in [2.45, 2.75) is 219 Å². The molecule has 0 aliphatic carbocycles. The van der Waals surface area contributed by atoms with Crippen LogP contribution in [-0.2, 0) is 19.1 Å². The fraction of sp³-hybridized carbons (Fsp3) is 0.952. The topological polar surface area (TPSA) is 117 Å². The van der Waals surface area contributed by atoms with Gasteiger partial charge in [-0.05, 0) is 76.5 Å². The van der Waals surface area contributed by atoms with Gasteiger partial charge in [-0.3, -0.25) is 9.59 Å². The molecule has 0 spiro atoms. The molecule has 0 aromatic carbocycles. The van der Waals surface area contributed by atoms with Gasteiger partial charge in [-0.1, -0.05) is 118 Å². The predicted molar refractivity (Wildman–Crippen MR) is 207 cm³/mol. The largest absolute Gasteiger partial charge is 0.462 e. The van der Waals surface area contributed by atoms with E-state index in [2.05, 4.69) is 32.6 Å². The van der Waals surface area contributed by atoms with Crippen molar-refractivity contribution in [3.63, 3.8) is 0 Å². The number of hydrogen-bond acceptors (Lipinski definition) is 8. The van der Waals surface area contributed by atoms with Crippen LogP contribution >= 0.6 is 0 Å². The summed E-state index contributed by atoms with van der Waals surface area (Å²) in [5.74, 6) is -0.0966. The lowest BCUT2D eigenvalue weighted by Gasteiger charge is -2.28. The Balaban J connectivity index is 4.28. The molecule has 0 radical (unpaired) electrons. The Labute approximate surface area is 308 Å². The molecule has 0 aliphatic rings. The third-order valence-electron chi connectivity index (χ3n) is 10.1. The fourth-order valence-corrected chi connectivity index (χ4v) is 6.74. The first-order valence-electron chi connectivity index (χ1n) is 21.3. The third-order valence-corrected chi connectivity index (χ3v) is 10.1. The molecule has 8 nitrogen and oxygen atoms in total. The van der Waals surface area contributed by atoms with E-state index in [0.717, 1.165) is 83.5 Å². The van der Waals surface area contributed by atoms with Crippen LogP contribution in [0.15, 0.2) is 0 Å². The molecule has 0 aliphatic heterocycles. The summed E-state index contributed by atoms with van der Waals surface area (Å²) < 4.78 is 11.5. The van der Waals surface area contributed by atoms with E-state index in [-0.39, 0.29) is 43.3 Å². The molecule has 8 heteroatoms. The number of esters is 2. The van der Waals surface area contributed by atoms with Crippen LogP contribution in [0.3, 0.4) is 0 Å². The minimum absolute atomic E-state index is 0.0324. The van der Waals surface area contributed by atoms with Gasteiger partial charge in [0.25, 0.3) is 0 Å². The number of ether oxygens (including phenoxy) is 2. The number of carbonyl (C=O) groups excluding carboxylic acids is 2. The maximum Gasteiger partial charge on any atom is 0.306 e. The van der Waals surface area contributed by atoms with Gasteiger partial charge in [0.2, 0.25) is 0 Å². The summed E-state index contributed by atoms with van der Waals surface area (Å²) in [5, 5.41) is 30.3. The van der Waals surface area contributed by atoms with Gasteiger partial charge in [0, 0.05) is 45.7 Å². The minimum Gasteiger partial charge on any atom is -0.462 e. The van der Waals surface area contributed by atoms with Crippen molar-refractivity contribution in [2.24, 2.45) is 5.92 Å². The minimum atomic E-state index is -0.485. The first kappa shape index (κ1) is 48.8. The van der Waals surface area contributed by atoms with E-state index in [1.54, 1.807) is 0 Å². The molecule has 0 bridgehead atoms. The van der Waals surface area contributed by atoms with Crippen molar-refractivity contribution in [1.82, 2.24) is 4.90 Å². The van der Waals surface area contributed by atoms with E-state index in [0.29, 0.717) is 45.3 Å². The normalized spacial score (nSPS) is 14.1. The Hall–Kier alpha value is -1.22. The number of nitrogens with zero attached hydrogens (tertiary/aromatic N) is 1. The van der Waals surface area contributed by atoms with Crippen molar-refractivity contribution in [3.05, 3.63) is 0 Å². The zero-order chi connectivity index (χ0) is 37.1. The molecule has 50 heavy (non-hydrogen) atoms. The van der Waals surface area contributed by atoms with E-state index in [9.17, 15) is 24.9 Å². The highest BCUT2D eigenvalue weighted by Crippen LogP contribution is 2.18. The number of carbonyl (C=O) groups is 2. The maximum atomic E-state index is 12.4. The predicted octanol–water partition coefficient (Wildman–Crippen LogP) is 9.69. The SMILES string of the molecule is CCCCCCCCC(CC)OC(=O)CCCCCC(O)CN(CCCO)CC(CO)CCCCCC(=O)OC(CC)CCCCCCCC. The van der Waals surface area contributed by atoms with Crippen LogP contribution in [0.25, 0.3) is 0 Å². The van der Waals surface area contributed by atoms with Crippen molar-refractivity contribution in [3.8, 4) is 0 Å². The number of rotatable bonds is 38. The lowest BCUT2D eigenvalue weighted by molar-refractivity contribution is -0.150. The van der Waals surface area contributed by atoms with E-state index in [4.69, 9.17) is 9.47 Å². The lowest BCUT2D eigenvalue weighted by atomic mass is 10.00. The van der Waals surface area contributed by atoms with Crippen LogP contribution in [-0.4, -0.2) is 83.3 Å². The zero-order valence-corrected chi connectivity index (χ0v) is 33.4. The van der Waals surface area contributed by atoms with Gasteiger partial charge in [-0.2, -0.15) is 0 Å². The summed E-state index contributed by atoms with van der Waals surface area (Å²) in [6.45, 7) is 10.7. The first-order chi connectivity index (χ1) is 24.3. The fourth-order valence-electron chi connectivity index (χ4n) is 6.74. The van der Waals surface area contributed by atoms with E-state index < -0.39 is 6.10 Å². The second-order valence-corrected chi connectivity index (χ2v) is 14.9. The van der Waals surface area contributed by atoms with Gasteiger partial charge in [0.15, 0.2) is 0 Å². The van der Waals surface area contributed by atoms with E-state index in [1.807, 2.05) is 0 Å². The molecule has 298 valence electrons. The van der Waals surface area contributed by atoms with Crippen LogP contribution in [0, 0.1) is 5.92 Å². The summed E-state index contributed by atoms with van der Waals surface area (Å²) >= 11 is 0. The summed E-state index contributed by atoms with van der Waals surface area (Å²) in [6, 6.07) is 0. The van der Waals surface area contributed by atoms with Crippen molar-refractivity contribution in [2.75, 3.05) is 32.8 Å². The monoisotopic (exact) mass is 714 g/mol. The smallest absolute Gasteiger partial charge is 0.306 e. The molecule has 0 aromatic heterocycles. The summed E-state index contributed by atoms with van der Waals surface area (Å²) in [5.41, 5.74) is 0. The third kappa shape index (κ3) is 30.4. The molecule has 0 fully saturated rings. The Morgan fingerprint density at radius 1 is 0.540 bits per heavy atom. The molecule has 0 saturated heterocycles. The molecular weight excluding hydrogens is 630 g/mol. The maximum absolute atomic E-state index is 12.4. The zero-order valence-electron chi connectivity index (χ0n) is 33.4. The first-order valence-corrected chi connectivity index (χ1v) is 21.3. The van der Waals surface area contributed by atoms with E-state index >= 15 is 0 Å². The quantitative estimate of drug-likeness (QED) is 0.0428. The van der Waals surface area contributed by atoms with Crippen LogP contribution in [0.5, 0.6) is 0 Å². The highest BCUT2D eigenvalue weighted by atomic mass is 16.5. The number of aliphatic hydroxyl groups is 3. The Morgan fingerprint density at radius 2 is 0.980 bits per heavy atom. The summed E-state index contributed by atoms with van der Waals surface area (Å²) in [7, 11) is 0. The molecule has 0 amide bonds. The van der Waals surface area contributed by atoms with Crippen molar-refractivity contribution < 1.29 is 34.4 Å². The Kier molecular flexibility index (Phi) is 35.3. The Morgan fingerprint density at radius 3 is 1.44 bits per heavy atom. The summed E-state index contributed by atoms with van der Waals surface area (Å²) in [6.07, 6.45) is 26.4. The number of hydrogen-bond donors (Lipinski definition) is 3. The standard InChI is InChI=1S/C42H83NO7/c1-5-9-11-13-15-21-28-39(7-3)49-41(47)30-23-17-19-26-37(36-45)34-43(32-25-33-44)35-38(46)27-20-18-24-31-42(48)50-40(8-4)29-22-16-14-12-10-6-2/h37-40,44-46H,5-36H2,1-4H3. The molecule has 0 aromatic rings. The lowest BCUT2D eigenvalue weighted by Crippen LogP contribution is -2.38. The average molecular weight is 714 g/mol. The number of aliphatic hydroxyl groups excluding tert-OH is 3. The van der Waals surface area contributed by atoms with Gasteiger partial charge in [0.1, 0.15) is 12.2 Å². The van der Waals surface area contributed by atoms with Crippen LogP contribution in [0.4, 0.5) is 0 Å². The number of unbranched alkanes of at least 4 members (excludes halogenated alkanes) is 14. The summed E-state index contributed by atoms with van der Waals surface area (Å²) in [4.78, 5) is 27.0. The van der Waals surface area contributed by atoms with Gasteiger partial charge < -0.3 is 29.7 Å². The van der Waals surface area contributed by atoms with Gasteiger partial charge in [0.05, 0.1) is 6.10 Å². The molecule has 4 atom stereocenters. The molecule has 4 unspecified atom stereocenters. The highest BCUT2D eigenvalue weighted by molar-refractivity contribution is 5.69. The van der Waals surface area contributed by atoms with Crippen LogP contribution in [0.1, 0.15) is 201 Å².